The van der Waals surface area contributed by atoms with Gasteiger partial charge in [-0.15, -0.1) is 0 Å². The van der Waals surface area contributed by atoms with Crippen molar-refractivity contribution in [2.75, 3.05) is 0 Å². The zero-order valence-corrected chi connectivity index (χ0v) is 13.5. The summed E-state index contributed by atoms with van der Waals surface area (Å²) < 4.78 is 10.3. The molecule has 0 amide bonds. The van der Waals surface area contributed by atoms with Gasteiger partial charge in [-0.1, -0.05) is 12.1 Å². The average molecular weight is 372 g/mol. The minimum absolute atomic E-state index is 0.561. The van der Waals surface area contributed by atoms with Gasteiger partial charge < -0.3 is 4.42 Å². The molecule has 0 atom stereocenters. The lowest BCUT2D eigenvalue weighted by Gasteiger charge is -1.90. The Morgan fingerprint density at radius 1 is 0.913 bits per heavy atom. The molecule has 3 aromatic heterocycles. The zero-order valence-electron chi connectivity index (χ0n) is 11.9. The van der Waals surface area contributed by atoms with Crippen molar-refractivity contribution >= 4 is 22.3 Å². The number of aromatic nitrogens is 3. The molecule has 0 fully saturated rings. The molecule has 0 saturated heterocycles. The van der Waals surface area contributed by atoms with Gasteiger partial charge in [0, 0.05) is 12.4 Å². The van der Waals surface area contributed by atoms with Gasteiger partial charge in [-0.05, 0) is 45.2 Å². The van der Waals surface area contributed by atoms with Crippen LogP contribution in [0.5, 0.6) is 0 Å². The first-order valence-corrected chi connectivity index (χ1v) is 7.28. The van der Waals surface area contributed by atoms with Crippen LogP contribution in [-0.4, -0.2) is 21.4 Å². The Balaban J connectivity index is 0.000000137. The van der Waals surface area contributed by atoms with Crippen LogP contribution in [0.15, 0.2) is 87.7 Å². The third-order valence-electron chi connectivity index (χ3n) is 2.25. The highest BCUT2D eigenvalue weighted by Crippen LogP contribution is 2.11. The van der Waals surface area contributed by atoms with Gasteiger partial charge in [-0.3, -0.25) is 9.72 Å². The minimum atomic E-state index is 0.561. The van der Waals surface area contributed by atoms with Crippen LogP contribution in [0.2, 0.25) is 0 Å². The van der Waals surface area contributed by atoms with Crippen molar-refractivity contribution in [1.29, 1.82) is 0 Å². The molecule has 1 aliphatic heterocycles. The molecule has 4 rings (SSSR count). The molecule has 23 heavy (non-hydrogen) atoms. The number of aliphatic imine (C=N–C) groups is 1. The van der Waals surface area contributed by atoms with Crippen molar-refractivity contribution in [1.82, 2.24) is 15.0 Å². The maximum absolute atomic E-state index is 5.05. The fourth-order valence-electron chi connectivity index (χ4n) is 1.33. The van der Waals surface area contributed by atoms with E-state index in [9.17, 15) is 0 Å². The van der Waals surface area contributed by atoms with E-state index in [4.69, 9.17) is 4.42 Å². The average Bonchev–Trinajstić information content (AvgIpc) is 3.33. The maximum atomic E-state index is 5.05. The van der Waals surface area contributed by atoms with Crippen LogP contribution in [0.25, 0.3) is 11.6 Å². The third-order valence-corrected chi connectivity index (χ3v) is 2.72. The Labute approximate surface area is 141 Å². The first-order chi connectivity index (χ1) is 11.4. The molecule has 1 aliphatic rings. The normalized spacial score (nSPS) is 10.5. The van der Waals surface area contributed by atoms with Crippen molar-refractivity contribution in [2.24, 2.45) is 4.99 Å². The van der Waals surface area contributed by atoms with Gasteiger partial charge in [0.25, 0.3) is 6.26 Å². The van der Waals surface area contributed by atoms with Crippen LogP contribution in [0.4, 0.5) is 0 Å². The molecule has 4 heterocycles. The second-order valence-electron chi connectivity index (χ2n) is 3.83. The van der Waals surface area contributed by atoms with Crippen LogP contribution in [0, 0.1) is 0 Å². The standard InChI is InChI=1S/C8H6N2O.C5H4BrN.C3H2NO/c1-2-4-9-7(3-1)8-10-5-6-11-8;6-5-3-1-2-4-7-5;1-2-5-3-4-1/h1-6H;1-4H;1-2H/q;;+1. The quantitative estimate of drug-likeness (QED) is 0.477. The van der Waals surface area contributed by atoms with Gasteiger partial charge in [0.15, 0.2) is 0 Å². The highest BCUT2D eigenvalue weighted by atomic mass is 79.9. The summed E-state index contributed by atoms with van der Waals surface area (Å²) >= 11 is 3.20. The summed E-state index contributed by atoms with van der Waals surface area (Å²) in [5, 5.41) is 0. The molecule has 3 aromatic rings. The molecule has 6 nitrogen and oxygen atoms in total. The second-order valence-corrected chi connectivity index (χ2v) is 4.64. The molecule has 0 aromatic carbocycles. The molecular weight excluding hydrogens is 360 g/mol. The lowest BCUT2D eigenvalue weighted by molar-refractivity contribution is 0.507. The number of nitrogens with zero attached hydrogens (tertiary/aromatic N) is 4. The van der Waals surface area contributed by atoms with Gasteiger partial charge >= 0.3 is 6.40 Å². The molecule has 0 spiro atoms. The number of oxazole rings is 1. The molecule has 0 aliphatic carbocycles. The Bertz CT molecular complexity index is 706. The van der Waals surface area contributed by atoms with E-state index in [1.54, 1.807) is 18.6 Å². The lowest BCUT2D eigenvalue weighted by Crippen LogP contribution is -1.79. The maximum Gasteiger partial charge on any atom is 0.369 e. The minimum Gasteiger partial charge on any atom is -0.443 e. The summed E-state index contributed by atoms with van der Waals surface area (Å²) in [6.45, 7) is 0. The van der Waals surface area contributed by atoms with Crippen LogP contribution in [-0.2, 0) is 4.74 Å². The van der Waals surface area contributed by atoms with E-state index in [1.165, 1.54) is 18.7 Å². The summed E-state index contributed by atoms with van der Waals surface area (Å²) in [4.78, 5) is 15.3. The number of hydrogen-bond acceptors (Lipinski definition) is 6. The fraction of sp³-hybridized carbons (Fsp3) is 0. The van der Waals surface area contributed by atoms with E-state index in [0.717, 1.165) is 10.3 Å². The summed E-state index contributed by atoms with van der Waals surface area (Å²) in [6, 6.07) is 11.3. The molecule has 114 valence electrons. The Hall–Kier alpha value is -2.89. The van der Waals surface area contributed by atoms with Gasteiger partial charge in [0.2, 0.25) is 12.1 Å². The Kier molecular flexibility index (Phi) is 7.12. The van der Waals surface area contributed by atoms with Crippen LogP contribution >= 0.6 is 15.9 Å². The van der Waals surface area contributed by atoms with E-state index in [0.29, 0.717) is 5.89 Å². The topological polar surface area (TPSA) is 73.4 Å². The SMILES string of the molecule is Brc1ccccn1.[C+]1=NC=CO1.c1ccc(-c2ncco2)nc1. The molecular formula is C16H12BrN4O2+. The van der Waals surface area contributed by atoms with Gasteiger partial charge in [0.1, 0.15) is 16.6 Å². The largest absolute Gasteiger partial charge is 0.443 e. The third kappa shape index (κ3) is 6.60. The molecule has 0 saturated carbocycles. The van der Waals surface area contributed by atoms with Crippen molar-refractivity contribution in [3.05, 3.63) is 78.3 Å². The number of pyridine rings is 2. The Morgan fingerprint density at radius 2 is 1.74 bits per heavy atom. The first kappa shape index (κ1) is 16.5. The first-order valence-electron chi connectivity index (χ1n) is 6.49. The smallest absolute Gasteiger partial charge is 0.369 e. The fourth-order valence-corrected chi connectivity index (χ4v) is 1.60. The summed E-state index contributed by atoms with van der Waals surface area (Å²) in [6.07, 6.45) is 11.8. The number of ether oxygens (including phenoxy) is 1. The van der Waals surface area contributed by atoms with Crippen LogP contribution < -0.4 is 0 Å². The molecule has 7 heteroatoms. The molecule has 0 radical (unpaired) electrons. The monoisotopic (exact) mass is 371 g/mol. The van der Waals surface area contributed by atoms with Gasteiger partial charge in [-0.25, -0.2) is 9.97 Å². The Morgan fingerprint density at radius 3 is 2.13 bits per heavy atom. The second kappa shape index (κ2) is 9.94. The van der Waals surface area contributed by atoms with E-state index in [-0.39, 0.29) is 0 Å². The molecule has 0 N–H and O–H groups in total. The van der Waals surface area contributed by atoms with Crippen molar-refractivity contribution in [2.45, 2.75) is 0 Å². The molecule has 0 bridgehead atoms. The number of rotatable bonds is 1. The lowest BCUT2D eigenvalue weighted by atomic mass is 10.3. The predicted molar refractivity (Wildman–Crippen MR) is 89.3 cm³/mol. The van der Waals surface area contributed by atoms with Crippen LogP contribution in [0.3, 0.4) is 0 Å². The van der Waals surface area contributed by atoms with E-state index < -0.39 is 0 Å². The summed E-state index contributed by atoms with van der Waals surface area (Å²) in [5.74, 6) is 0.561. The van der Waals surface area contributed by atoms with E-state index in [2.05, 4.69) is 47.0 Å². The predicted octanol–water partition coefficient (Wildman–Crippen LogP) is 3.97. The van der Waals surface area contributed by atoms with Crippen molar-refractivity contribution < 1.29 is 9.15 Å². The van der Waals surface area contributed by atoms with Crippen molar-refractivity contribution in [3.8, 4) is 11.6 Å². The highest BCUT2D eigenvalue weighted by Gasteiger charge is 1.99. The number of halogens is 1. The van der Waals surface area contributed by atoms with Crippen LogP contribution in [0.1, 0.15) is 0 Å². The molecule has 0 unspecified atom stereocenters. The summed E-state index contributed by atoms with van der Waals surface area (Å²) in [7, 11) is 0. The van der Waals surface area contributed by atoms with Gasteiger partial charge in [-0.2, -0.15) is 0 Å². The highest BCUT2D eigenvalue weighted by molar-refractivity contribution is 9.10. The van der Waals surface area contributed by atoms with Crippen molar-refractivity contribution in [3.63, 3.8) is 0 Å². The summed E-state index contributed by atoms with van der Waals surface area (Å²) in [5.41, 5.74) is 0.762. The van der Waals surface area contributed by atoms with Gasteiger partial charge in [0.05, 0.1) is 6.20 Å². The zero-order chi connectivity index (χ0) is 16.2. The number of hydrogen-bond donors (Lipinski definition) is 0. The van der Waals surface area contributed by atoms with E-state index in [1.807, 2.05) is 36.4 Å². The van der Waals surface area contributed by atoms with E-state index >= 15 is 0 Å².